The number of aromatic carboxylic acids is 1. The van der Waals surface area contributed by atoms with Gasteiger partial charge in [-0.1, -0.05) is 6.07 Å². The molecule has 1 unspecified atom stereocenters. The zero-order chi connectivity index (χ0) is 14.7. The summed E-state index contributed by atoms with van der Waals surface area (Å²) >= 11 is 3.26. The van der Waals surface area contributed by atoms with E-state index in [1.54, 1.807) is 24.0 Å². The highest BCUT2D eigenvalue weighted by Crippen LogP contribution is 2.30. The third-order valence-electron chi connectivity index (χ3n) is 3.26. The summed E-state index contributed by atoms with van der Waals surface area (Å²) in [6, 6.07) is 4.76. The molecule has 5 nitrogen and oxygen atoms in total. The van der Waals surface area contributed by atoms with Gasteiger partial charge >= 0.3 is 5.97 Å². The second-order valence-corrected chi connectivity index (χ2v) is 5.57. The van der Waals surface area contributed by atoms with E-state index in [1.165, 1.54) is 6.07 Å². The number of halogens is 1. The summed E-state index contributed by atoms with van der Waals surface area (Å²) < 4.78 is 6.12. The zero-order valence-electron chi connectivity index (χ0n) is 11.1. The van der Waals surface area contributed by atoms with Crippen molar-refractivity contribution < 1.29 is 19.4 Å². The van der Waals surface area contributed by atoms with Gasteiger partial charge in [0.1, 0.15) is 11.3 Å². The Morgan fingerprint density at radius 2 is 2.00 bits per heavy atom. The Balaban J connectivity index is 2.16. The minimum atomic E-state index is -1.08. The first-order valence-electron chi connectivity index (χ1n) is 6.48. The van der Waals surface area contributed by atoms with Crippen molar-refractivity contribution in [2.24, 2.45) is 0 Å². The smallest absolute Gasteiger partial charge is 0.339 e. The van der Waals surface area contributed by atoms with Crippen LogP contribution >= 0.6 is 15.9 Å². The van der Waals surface area contributed by atoms with Crippen LogP contribution in [0.2, 0.25) is 0 Å². The first-order chi connectivity index (χ1) is 9.50. The third-order valence-corrected chi connectivity index (χ3v) is 3.88. The van der Waals surface area contributed by atoms with Crippen LogP contribution in [0.3, 0.4) is 0 Å². The van der Waals surface area contributed by atoms with Gasteiger partial charge in [0.2, 0.25) is 0 Å². The van der Waals surface area contributed by atoms with Crippen molar-refractivity contribution >= 4 is 27.8 Å². The van der Waals surface area contributed by atoms with Crippen molar-refractivity contribution in [2.75, 3.05) is 13.1 Å². The van der Waals surface area contributed by atoms with Crippen LogP contribution in [0.5, 0.6) is 5.75 Å². The van der Waals surface area contributed by atoms with Gasteiger partial charge in [-0.15, -0.1) is 0 Å². The molecule has 0 spiro atoms. The van der Waals surface area contributed by atoms with Crippen LogP contribution in [0.15, 0.2) is 22.7 Å². The van der Waals surface area contributed by atoms with Crippen LogP contribution in [0.25, 0.3) is 0 Å². The average molecular weight is 342 g/mol. The number of ether oxygens (including phenoxy) is 1. The van der Waals surface area contributed by atoms with E-state index in [9.17, 15) is 9.59 Å². The summed E-state index contributed by atoms with van der Waals surface area (Å²) in [6.07, 6.45) is 1.31. The van der Waals surface area contributed by atoms with Crippen LogP contribution in [0.1, 0.15) is 30.1 Å². The third kappa shape index (κ3) is 3.12. The molecule has 1 atom stereocenters. The molecule has 1 amide bonds. The lowest BCUT2D eigenvalue weighted by molar-refractivity contribution is -0.136. The zero-order valence-corrected chi connectivity index (χ0v) is 12.7. The molecule has 1 aliphatic rings. The number of carbonyl (C=O) groups excluding carboxylic acids is 1. The fourth-order valence-electron chi connectivity index (χ4n) is 2.22. The van der Waals surface area contributed by atoms with Crippen molar-refractivity contribution in [2.45, 2.75) is 25.9 Å². The predicted octanol–water partition coefficient (Wildman–Crippen LogP) is 2.54. The number of hydrogen-bond donors (Lipinski definition) is 1. The minimum absolute atomic E-state index is 0.0421. The maximum absolute atomic E-state index is 12.2. The number of likely N-dealkylation sites (tertiary alicyclic amines) is 1. The van der Waals surface area contributed by atoms with Crippen molar-refractivity contribution in [3.05, 3.63) is 28.2 Å². The van der Waals surface area contributed by atoms with Gasteiger partial charge in [0.05, 0.1) is 4.47 Å². The van der Waals surface area contributed by atoms with Crippen LogP contribution in [-0.2, 0) is 4.79 Å². The molecule has 6 heteroatoms. The molecule has 20 heavy (non-hydrogen) atoms. The fourth-order valence-corrected chi connectivity index (χ4v) is 2.68. The number of para-hydroxylation sites is 1. The first-order valence-corrected chi connectivity index (χ1v) is 7.27. The lowest BCUT2D eigenvalue weighted by Gasteiger charge is -2.22. The largest absolute Gasteiger partial charge is 0.479 e. The lowest BCUT2D eigenvalue weighted by atomic mass is 10.2. The van der Waals surface area contributed by atoms with Gasteiger partial charge in [0.15, 0.2) is 6.10 Å². The highest BCUT2D eigenvalue weighted by Gasteiger charge is 2.26. The van der Waals surface area contributed by atoms with Crippen LogP contribution < -0.4 is 4.74 Å². The molecule has 1 saturated heterocycles. The number of hydrogen-bond acceptors (Lipinski definition) is 3. The Bertz CT molecular complexity index is 526. The molecule has 0 bridgehead atoms. The molecule has 0 aromatic heterocycles. The van der Waals surface area contributed by atoms with Crippen molar-refractivity contribution in [3.8, 4) is 5.75 Å². The lowest BCUT2D eigenvalue weighted by Crippen LogP contribution is -2.38. The van der Waals surface area contributed by atoms with Gasteiger partial charge in [-0.05, 0) is 47.8 Å². The molecule has 1 N–H and O–H groups in total. The number of carboxylic acids is 1. The first kappa shape index (κ1) is 14.8. The monoisotopic (exact) mass is 341 g/mol. The van der Waals surface area contributed by atoms with Crippen molar-refractivity contribution in [1.29, 1.82) is 0 Å². The Labute approximate surface area is 125 Å². The summed E-state index contributed by atoms with van der Waals surface area (Å²) in [4.78, 5) is 25.1. The van der Waals surface area contributed by atoms with E-state index in [4.69, 9.17) is 9.84 Å². The number of amides is 1. The predicted molar refractivity (Wildman–Crippen MR) is 77.0 cm³/mol. The molecular weight excluding hydrogens is 326 g/mol. The molecule has 0 saturated carbocycles. The number of benzene rings is 1. The second kappa shape index (κ2) is 6.26. The fraction of sp³-hybridized carbons (Fsp3) is 0.429. The minimum Gasteiger partial charge on any atom is -0.479 e. The van der Waals surface area contributed by atoms with E-state index >= 15 is 0 Å². The average Bonchev–Trinajstić information content (AvgIpc) is 2.93. The van der Waals surface area contributed by atoms with Crippen molar-refractivity contribution in [3.63, 3.8) is 0 Å². The number of rotatable bonds is 4. The Morgan fingerprint density at radius 1 is 1.35 bits per heavy atom. The Morgan fingerprint density at radius 3 is 2.60 bits per heavy atom. The number of carbonyl (C=O) groups is 2. The molecule has 0 aliphatic carbocycles. The van der Waals surface area contributed by atoms with E-state index in [0.717, 1.165) is 25.9 Å². The molecule has 108 valence electrons. The molecule has 1 aliphatic heterocycles. The van der Waals surface area contributed by atoms with E-state index in [1.807, 2.05) is 0 Å². The summed E-state index contributed by atoms with van der Waals surface area (Å²) in [7, 11) is 0. The van der Waals surface area contributed by atoms with Gasteiger partial charge in [0, 0.05) is 13.1 Å². The standard InChI is InChI=1S/C14H16BrNO4/c1-9(13(17)16-7-2-3-8-16)20-12-10(14(18)19)5-4-6-11(12)15/h4-6,9H,2-3,7-8H2,1H3,(H,18,19). The van der Waals surface area contributed by atoms with Gasteiger partial charge in [-0.25, -0.2) is 4.79 Å². The summed E-state index contributed by atoms with van der Waals surface area (Å²) in [6.45, 7) is 3.13. The van der Waals surface area contributed by atoms with Gasteiger partial charge < -0.3 is 14.7 Å². The highest BCUT2D eigenvalue weighted by atomic mass is 79.9. The summed E-state index contributed by atoms with van der Waals surface area (Å²) in [5, 5.41) is 9.16. The Hall–Kier alpha value is -1.56. The van der Waals surface area contributed by atoms with Crippen molar-refractivity contribution in [1.82, 2.24) is 4.90 Å². The molecule has 0 radical (unpaired) electrons. The van der Waals surface area contributed by atoms with Crippen LogP contribution in [0.4, 0.5) is 0 Å². The molecule has 1 aromatic carbocycles. The van der Waals surface area contributed by atoms with Crippen LogP contribution in [-0.4, -0.2) is 41.1 Å². The maximum atomic E-state index is 12.2. The molecule has 1 fully saturated rings. The number of nitrogens with zero attached hydrogens (tertiary/aromatic N) is 1. The van der Waals surface area contributed by atoms with E-state index in [0.29, 0.717) is 4.47 Å². The van der Waals surface area contributed by atoms with E-state index in [-0.39, 0.29) is 17.2 Å². The summed E-state index contributed by atoms with van der Waals surface area (Å²) in [5.41, 5.74) is 0.0421. The van der Waals surface area contributed by atoms with Gasteiger partial charge in [-0.3, -0.25) is 4.79 Å². The van der Waals surface area contributed by atoms with Gasteiger partial charge in [-0.2, -0.15) is 0 Å². The molecule has 1 heterocycles. The normalized spacial score (nSPS) is 16.0. The second-order valence-electron chi connectivity index (χ2n) is 4.71. The quantitative estimate of drug-likeness (QED) is 0.913. The van der Waals surface area contributed by atoms with Crippen LogP contribution in [0, 0.1) is 0 Å². The molecular formula is C14H16BrNO4. The topological polar surface area (TPSA) is 66.8 Å². The van der Waals surface area contributed by atoms with E-state index in [2.05, 4.69) is 15.9 Å². The molecule has 2 rings (SSSR count). The highest BCUT2D eigenvalue weighted by molar-refractivity contribution is 9.10. The van der Waals surface area contributed by atoms with E-state index < -0.39 is 12.1 Å². The Kier molecular flexibility index (Phi) is 4.65. The SMILES string of the molecule is CC(Oc1c(Br)cccc1C(=O)O)C(=O)N1CCCC1. The number of carboxylic acid groups (broad SMARTS) is 1. The molecule has 1 aromatic rings. The van der Waals surface area contributed by atoms with Gasteiger partial charge in [0.25, 0.3) is 5.91 Å². The maximum Gasteiger partial charge on any atom is 0.339 e. The summed E-state index contributed by atoms with van der Waals surface area (Å²) in [5.74, 6) is -0.989.